The number of nitrogens with zero attached hydrogens (tertiary/aromatic N) is 1. The lowest BCUT2D eigenvalue weighted by Gasteiger charge is -2.31. The minimum Gasteiger partial charge on any atom is -0.336 e. The number of hydrogen-bond donors (Lipinski definition) is 1. The molecule has 0 bridgehead atoms. The number of carbonyl (C=O) groups excluding carboxylic acids is 2. The Hall–Kier alpha value is -2.33. The number of imide groups is 1. The maximum atomic E-state index is 12.7. The second-order valence-corrected chi connectivity index (χ2v) is 5.24. The van der Waals surface area contributed by atoms with Crippen LogP contribution in [0.1, 0.15) is 11.5 Å². The van der Waals surface area contributed by atoms with E-state index in [2.05, 4.69) is 5.32 Å². The van der Waals surface area contributed by atoms with Crippen LogP contribution in [0.3, 0.4) is 0 Å². The Kier molecular flexibility index (Phi) is 3.62. The molecule has 3 amide bonds. The molecule has 1 atom stereocenters. The second kappa shape index (κ2) is 5.58. The van der Waals surface area contributed by atoms with Crippen molar-refractivity contribution in [1.29, 1.82) is 0 Å². The molecule has 106 valence electrons. The Morgan fingerprint density at radius 1 is 1.00 bits per heavy atom. The van der Waals surface area contributed by atoms with Crippen LogP contribution in [-0.4, -0.2) is 18.5 Å². The second-order valence-electron chi connectivity index (χ2n) is 4.80. The summed E-state index contributed by atoms with van der Waals surface area (Å²) in [6, 6.07) is 15.7. The molecule has 1 fully saturated rings. The zero-order valence-electron chi connectivity index (χ0n) is 11.1. The number of nitrogens with one attached hydrogen (secondary N) is 1. The Labute approximate surface area is 127 Å². The highest BCUT2D eigenvalue weighted by Gasteiger charge is 2.35. The molecular weight excluding hydrogens is 288 g/mol. The number of benzene rings is 2. The van der Waals surface area contributed by atoms with Gasteiger partial charge in [-0.1, -0.05) is 41.9 Å². The predicted molar refractivity (Wildman–Crippen MR) is 81.5 cm³/mol. The molecular formula is C16H13ClN2O2. The van der Waals surface area contributed by atoms with Crippen molar-refractivity contribution in [3.63, 3.8) is 0 Å². The summed E-state index contributed by atoms with van der Waals surface area (Å²) in [7, 11) is 0. The van der Waals surface area contributed by atoms with Gasteiger partial charge in [-0.25, -0.2) is 9.69 Å². The maximum Gasteiger partial charge on any atom is 0.328 e. The number of carbonyl (C=O) groups is 2. The summed E-state index contributed by atoms with van der Waals surface area (Å²) >= 11 is 5.84. The monoisotopic (exact) mass is 300 g/mol. The summed E-state index contributed by atoms with van der Waals surface area (Å²) in [4.78, 5) is 25.8. The first kappa shape index (κ1) is 13.6. The third-order valence-corrected chi connectivity index (χ3v) is 3.72. The molecule has 0 saturated carbocycles. The fourth-order valence-corrected chi connectivity index (χ4v) is 2.52. The normalized spacial score (nSPS) is 18.5. The number of hydrogen-bond acceptors (Lipinski definition) is 2. The van der Waals surface area contributed by atoms with Gasteiger partial charge >= 0.3 is 6.03 Å². The molecule has 1 aliphatic rings. The molecule has 21 heavy (non-hydrogen) atoms. The number of urea groups is 1. The first-order valence-corrected chi connectivity index (χ1v) is 6.97. The van der Waals surface area contributed by atoms with Gasteiger partial charge in [-0.15, -0.1) is 0 Å². The van der Waals surface area contributed by atoms with Gasteiger partial charge in [0.25, 0.3) is 0 Å². The van der Waals surface area contributed by atoms with Crippen molar-refractivity contribution < 1.29 is 9.59 Å². The molecule has 4 nitrogen and oxygen atoms in total. The zero-order chi connectivity index (χ0) is 14.8. The van der Waals surface area contributed by atoms with Crippen LogP contribution >= 0.6 is 11.6 Å². The van der Waals surface area contributed by atoms with E-state index >= 15 is 0 Å². The SMILES string of the molecule is O=C1NCC(c2ccccc2)C(=O)N1c1ccc(Cl)cc1. The standard InChI is InChI=1S/C16H13ClN2O2/c17-12-6-8-13(9-7-12)19-15(20)14(10-18-16(19)21)11-4-2-1-3-5-11/h1-9,14H,10H2,(H,18,21). The average Bonchev–Trinajstić information content (AvgIpc) is 2.50. The van der Waals surface area contributed by atoms with Crippen LogP contribution in [0.5, 0.6) is 0 Å². The van der Waals surface area contributed by atoms with Gasteiger partial charge in [0.2, 0.25) is 5.91 Å². The van der Waals surface area contributed by atoms with Crippen LogP contribution in [0.25, 0.3) is 0 Å². The van der Waals surface area contributed by atoms with Crippen LogP contribution in [0, 0.1) is 0 Å². The van der Waals surface area contributed by atoms with Gasteiger partial charge in [0.05, 0.1) is 11.6 Å². The van der Waals surface area contributed by atoms with E-state index in [1.807, 2.05) is 30.3 Å². The lowest BCUT2D eigenvalue weighted by molar-refractivity contribution is -0.119. The molecule has 1 heterocycles. The molecule has 3 rings (SSSR count). The third kappa shape index (κ3) is 2.62. The summed E-state index contributed by atoms with van der Waals surface area (Å²) in [6.07, 6.45) is 0. The Morgan fingerprint density at radius 3 is 2.33 bits per heavy atom. The van der Waals surface area contributed by atoms with Crippen molar-refractivity contribution in [2.45, 2.75) is 5.92 Å². The van der Waals surface area contributed by atoms with E-state index < -0.39 is 6.03 Å². The first-order chi connectivity index (χ1) is 10.2. The van der Waals surface area contributed by atoms with Gasteiger partial charge in [0.1, 0.15) is 0 Å². The summed E-state index contributed by atoms with van der Waals surface area (Å²) in [5.74, 6) is -0.605. The van der Waals surface area contributed by atoms with Crippen LogP contribution in [0.15, 0.2) is 54.6 Å². The van der Waals surface area contributed by atoms with E-state index in [1.165, 1.54) is 0 Å². The van der Waals surface area contributed by atoms with E-state index in [9.17, 15) is 9.59 Å². The summed E-state index contributed by atoms with van der Waals surface area (Å²) < 4.78 is 0. The van der Waals surface area contributed by atoms with Gasteiger partial charge < -0.3 is 5.32 Å². The quantitative estimate of drug-likeness (QED) is 0.926. The molecule has 2 aromatic carbocycles. The molecule has 5 heteroatoms. The van der Waals surface area contributed by atoms with E-state index in [0.29, 0.717) is 17.3 Å². The molecule has 1 unspecified atom stereocenters. The summed E-state index contributed by atoms with van der Waals surface area (Å²) in [5, 5.41) is 3.32. The first-order valence-electron chi connectivity index (χ1n) is 6.59. The van der Waals surface area contributed by atoms with Gasteiger partial charge in [-0.05, 0) is 29.8 Å². The zero-order valence-corrected chi connectivity index (χ0v) is 11.9. The Bertz CT molecular complexity index is 670. The van der Waals surface area contributed by atoms with Gasteiger partial charge in [-0.3, -0.25) is 4.79 Å². The van der Waals surface area contributed by atoms with E-state index in [-0.39, 0.29) is 11.8 Å². The van der Waals surface area contributed by atoms with Crippen molar-refractivity contribution in [3.8, 4) is 0 Å². The maximum absolute atomic E-state index is 12.7. The minimum atomic E-state index is -0.408. The van der Waals surface area contributed by atoms with Gasteiger partial charge in [0.15, 0.2) is 0 Å². The molecule has 1 N–H and O–H groups in total. The van der Waals surface area contributed by atoms with Crippen molar-refractivity contribution in [1.82, 2.24) is 5.32 Å². The van der Waals surface area contributed by atoms with Crippen molar-refractivity contribution in [3.05, 3.63) is 65.2 Å². The van der Waals surface area contributed by atoms with Crippen LogP contribution in [0.2, 0.25) is 5.02 Å². The molecule has 2 aromatic rings. The predicted octanol–water partition coefficient (Wildman–Crippen LogP) is 3.18. The average molecular weight is 301 g/mol. The van der Waals surface area contributed by atoms with Gasteiger partial charge in [-0.2, -0.15) is 0 Å². The summed E-state index contributed by atoms with van der Waals surface area (Å²) in [6.45, 7) is 0.311. The molecule has 0 aliphatic carbocycles. The van der Waals surface area contributed by atoms with E-state index in [0.717, 1.165) is 10.5 Å². The van der Waals surface area contributed by atoms with E-state index in [4.69, 9.17) is 11.6 Å². The van der Waals surface area contributed by atoms with Gasteiger partial charge in [0, 0.05) is 11.6 Å². The Balaban J connectivity index is 1.94. The highest BCUT2D eigenvalue weighted by atomic mass is 35.5. The molecule has 1 saturated heterocycles. The Morgan fingerprint density at radius 2 is 1.67 bits per heavy atom. The fraction of sp³-hybridized carbons (Fsp3) is 0.125. The van der Waals surface area contributed by atoms with Crippen LogP contribution < -0.4 is 10.2 Å². The number of halogens is 1. The lowest BCUT2D eigenvalue weighted by Crippen LogP contribution is -2.54. The van der Waals surface area contributed by atoms with Crippen molar-refractivity contribution in [2.24, 2.45) is 0 Å². The van der Waals surface area contributed by atoms with Crippen LogP contribution in [-0.2, 0) is 4.79 Å². The lowest BCUT2D eigenvalue weighted by atomic mass is 9.96. The molecule has 0 spiro atoms. The molecule has 0 radical (unpaired) electrons. The van der Waals surface area contributed by atoms with Crippen LogP contribution in [0.4, 0.5) is 10.5 Å². The highest BCUT2D eigenvalue weighted by molar-refractivity contribution is 6.30. The number of amides is 3. The summed E-state index contributed by atoms with van der Waals surface area (Å²) in [5.41, 5.74) is 1.41. The third-order valence-electron chi connectivity index (χ3n) is 3.47. The highest BCUT2D eigenvalue weighted by Crippen LogP contribution is 2.26. The smallest absolute Gasteiger partial charge is 0.328 e. The van der Waals surface area contributed by atoms with E-state index in [1.54, 1.807) is 24.3 Å². The number of anilines is 1. The van der Waals surface area contributed by atoms with Crippen molar-refractivity contribution in [2.75, 3.05) is 11.4 Å². The minimum absolute atomic E-state index is 0.229. The molecule has 1 aliphatic heterocycles. The number of rotatable bonds is 2. The largest absolute Gasteiger partial charge is 0.336 e. The topological polar surface area (TPSA) is 49.4 Å². The van der Waals surface area contributed by atoms with Crippen molar-refractivity contribution >= 4 is 29.2 Å². The molecule has 0 aromatic heterocycles. The fourth-order valence-electron chi connectivity index (χ4n) is 2.39.